The van der Waals surface area contributed by atoms with Crippen molar-refractivity contribution in [1.29, 1.82) is 0 Å². The minimum atomic E-state index is -0.219. The highest BCUT2D eigenvalue weighted by molar-refractivity contribution is 6.30. The van der Waals surface area contributed by atoms with E-state index in [1.165, 1.54) is 12.1 Å². The van der Waals surface area contributed by atoms with Gasteiger partial charge in [0.05, 0.1) is 0 Å². The quantitative estimate of drug-likeness (QED) is 0.714. The smallest absolute Gasteiger partial charge is 0.123 e. The maximum Gasteiger partial charge on any atom is 0.123 e. The molecule has 0 heterocycles. The fourth-order valence-corrected chi connectivity index (χ4v) is 1.44. The molecule has 0 aliphatic rings. The minimum absolute atomic E-state index is 0.219. The average molecular weight is 220 g/mol. The van der Waals surface area contributed by atoms with Gasteiger partial charge in [0.25, 0.3) is 0 Å². The van der Waals surface area contributed by atoms with Crippen LogP contribution in [0, 0.1) is 12.2 Å². The van der Waals surface area contributed by atoms with Crippen LogP contribution in [-0.2, 0) is 0 Å². The molecular weight excluding hydrogens is 211 g/mol. The van der Waals surface area contributed by atoms with Gasteiger partial charge in [0, 0.05) is 11.4 Å². The zero-order valence-corrected chi connectivity index (χ0v) is 8.71. The van der Waals surface area contributed by atoms with Crippen LogP contribution in [0.5, 0.6) is 0 Å². The Kier molecular flexibility index (Phi) is 3.02. The second-order valence-electron chi connectivity index (χ2n) is 3.25. The summed E-state index contributed by atoms with van der Waals surface area (Å²) in [6, 6.07) is 13.9. The van der Waals surface area contributed by atoms with Crippen LogP contribution >= 0.6 is 11.6 Å². The largest absolute Gasteiger partial charge is 0.207 e. The molecule has 2 heteroatoms. The molecule has 0 spiro atoms. The van der Waals surface area contributed by atoms with Gasteiger partial charge in [-0.15, -0.1) is 0 Å². The summed E-state index contributed by atoms with van der Waals surface area (Å²) in [5, 5.41) is 0.714. The van der Waals surface area contributed by atoms with Gasteiger partial charge in [0.15, 0.2) is 0 Å². The fourth-order valence-electron chi connectivity index (χ4n) is 1.31. The highest BCUT2D eigenvalue weighted by Crippen LogP contribution is 2.15. The summed E-state index contributed by atoms with van der Waals surface area (Å²) in [4.78, 5) is 0. The van der Waals surface area contributed by atoms with Crippen molar-refractivity contribution in [3.63, 3.8) is 0 Å². The molecule has 2 aromatic rings. The lowest BCUT2D eigenvalue weighted by molar-refractivity contribution is 0.627. The van der Waals surface area contributed by atoms with Crippen LogP contribution in [0.25, 0.3) is 0 Å². The van der Waals surface area contributed by atoms with Gasteiger partial charge >= 0.3 is 0 Å². The number of hydrogen-bond donors (Lipinski definition) is 0. The summed E-state index contributed by atoms with van der Waals surface area (Å²) < 4.78 is 12.6. The first-order chi connectivity index (χ1) is 7.24. The summed E-state index contributed by atoms with van der Waals surface area (Å²) in [6.07, 6.45) is 1.97. The maximum atomic E-state index is 12.6. The van der Waals surface area contributed by atoms with E-state index in [9.17, 15) is 4.39 Å². The van der Waals surface area contributed by atoms with Gasteiger partial charge < -0.3 is 0 Å². The molecule has 0 bridgehead atoms. The zero-order chi connectivity index (χ0) is 10.7. The van der Waals surface area contributed by atoms with E-state index in [0.29, 0.717) is 5.02 Å². The molecule has 0 saturated carbocycles. The molecule has 0 amide bonds. The molecule has 0 N–H and O–H groups in total. The van der Waals surface area contributed by atoms with Crippen LogP contribution in [0.1, 0.15) is 11.1 Å². The molecule has 0 aliphatic heterocycles. The van der Waals surface area contributed by atoms with E-state index in [0.717, 1.165) is 11.1 Å². The topological polar surface area (TPSA) is 0 Å². The van der Waals surface area contributed by atoms with Gasteiger partial charge in [-0.2, -0.15) is 0 Å². The van der Waals surface area contributed by atoms with Crippen molar-refractivity contribution in [3.8, 4) is 0 Å². The summed E-state index contributed by atoms with van der Waals surface area (Å²) in [5.41, 5.74) is 2.02. The Morgan fingerprint density at radius 2 is 1.27 bits per heavy atom. The van der Waals surface area contributed by atoms with Gasteiger partial charge in [-0.1, -0.05) is 35.9 Å². The molecule has 75 valence electrons. The first-order valence-corrected chi connectivity index (χ1v) is 4.98. The lowest BCUT2D eigenvalue weighted by atomic mass is 10.1. The van der Waals surface area contributed by atoms with E-state index in [4.69, 9.17) is 11.6 Å². The van der Waals surface area contributed by atoms with Gasteiger partial charge in [-0.05, 0) is 35.4 Å². The third-order valence-corrected chi connectivity index (χ3v) is 2.33. The summed E-state index contributed by atoms with van der Waals surface area (Å²) in [6.45, 7) is 0. The minimum Gasteiger partial charge on any atom is -0.207 e. The average Bonchev–Trinajstić information content (AvgIpc) is 2.25. The second kappa shape index (κ2) is 4.45. The molecule has 2 rings (SSSR count). The van der Waals surface area contributed by atoms with Crippen molar-refractivity contribution in [2.24, 2.45) is 0 Å². The van der Waals surface area contributed by atoms with Crippen molar-refractivity contribution in [2.75, 3.05) is 0 Å². The van der Waals surface area contributed by atoms with E-state index in [1.54, 1.807) is 12.1 Å². The molecule has 1 radical (unpaired) electrons. The van der Waals surface area contributed by atoms with Crippen molar-refractivity contribution in [2.45, 2.75) is 0 Å². The van der Waals surface area contributed by atoms with E-state index >= 15 is 0 Å². The van der Waals surface area contributed by atoms with Crippen molar-refractivity contribution in [3.05, 3.63) is 76.9 Å². The summed E-state index contributed by atoms with van der Waals surface area (Å²) in [7, 11) is 0. The Hall–Kier alpha value is -1.34. The molecule has 0 fully saturated rings. The third kappa shape index (κ3) is 2.80. The molecule has 0 atom stereocenters. The highest BCUT2D eigenvalue weighted by Gasteiger charge is 1.97. The molecule has 2 aromatic carbocycles. The van der Waals surface area contributed by atoms with Crippen molar-refractivity contribution < 1.29 is 4.39 Å². The normalized spacial score (nSPS) is 10.3. The van der Waals surface area contributed by atoms with Crippen molar-refractivity contribution in [1.82, 2.24) is 0 Å². The first-order valence-electron chi connectivity index (χ1n) is 4.60. The lowest BCUT2D eigenvalue weighted by Gasteiger charge is -2.01. The van der Waals surface area contributed by atoms with Gasteiger partial charge in [0.2, 0.25) is 0 Å². The predicted octanol–water partition coefficient (Wildman–Crippen LogP) is 4.08. The van der Waals surface area contributed by atoms with Crippen LogP contribution < -0.4 is 0 Å². The maximum absolute atomic E-state index is 12.6. The van der Waals surface area contributed by atoms with E-state index in [1.807, 2.05) is 30.7 Å². The predicted molar refractivity (Wildman–Crippen MR) is 60.4 cm³/mol. The zero-order valence-electron chi connectivity index (χ0n) is 7.95. The fraction of sp³-hybridized carbons (Fsp3) is 0. The molecule has 0 aromatic heterocycles. The van der Waals surface area contributed by atoms with E-state index in [2.05, 4.69) is 0 Å². The Balaban J connectivity index is 2.15. The first kappa shape index (κ1) is 10.2. The van der Waals surface area contributed by atoms with Crippen LogP contribution in [0.4, 0.5) is 4.39 Å². The van der Waals surface area contributed by atoms with E-state index in [-0.39, 0.29) is 5.82 Å². The lowest BCUT2D eigenvalue weighted by Crippen LogP contribution is -1.84. The SMILES string of the molecule is Fc1ccc([CH]c2ccc(Cl)cc2)cc1. The van der Waals surface area contributed by atoms with Crippen LogP contribution in [0.3, 0.4) is 0 Å². The Labute approximate surface area is 93.3 Å². The Morgan fingerprint density at radius 1 is 0.800 bits per heavy atom. The molecule has 0 saturated heterocycles. The second-order valence-corrected chi connectivity index (χ2v) is 3.68. The van der Waals surface area contributed by atoms with E-state index < -0.39 is 0 Å². The van der Waals surface area contributed by atoms with Crippen LogP contribution in [0.15, 0.2) is 48.5 Å². The van der Waals surface area contributed by atoms with Gasteiger partial charge in [-0.3, -0.25) is 0 Å². The summed E-state index contributed by atoms with van der Waals surface area (Å²) >= 11 is 5.77. The summed E-state index contributed by atoms with van der Waals surface area (Å²) in [5.74, 6) is -0.219. The molecule has 15 heavy (non-hydrogen) atoms. The van der Waals surface area contributed by atoms with Crippen LogP contribution in [-0.4, -0.2) is 0 Å². The molecule has 0 aliphatic carbocycles. The van der Waals surface area contributed by atoms with Crippen molar-refractivity contribution >= 4 is 11.6 Å². The van der Waals surface area contributed by atoms with Gasteiger partial charge in [0.1, 0.15) is 5.82 Å². The Bertz CT molecular complexity index is 388. The third-order valence-electron chi connectivity index (χ3n) is 2.07. The van der Waals surface area contributed by atoms with Crippen LogP contribution in [0.2, 0.25) is 5.02 Å². The highest BCUT2D eigenvalue weighted by atomic mass is 35.5. The standard InChI is InChI=1S/C13H9ClF/c14-12-5-1-10(2-6-12)9-11-3-7-13(15)8-4-11/h1-9H. The molecule has 0 nitrogen and oxygen atoms in total. The number of rotatable bonds is 2. The Morgan fingerprint density at radius 3 is 1.80 bits per heavy atom. The monoisotopic (exact) mass is 219 g/mol. The number of halogens is 2. The molecular formula is C13H9ClF. The van der Waals surface area contributed by atoms with Gasteiger partial charge in [-0.25, -0.2) is 4.39 Å². The molecule has 0 unspecified atom stereocenters. The number of benzene rings is 2. The number of hydrogen-bond acceptors (Lipinski definition) is 0.